The van der Waals surface area contributed by atoms with E-state index in [4.69, 9.17) is 27.9 Å². The van der Waals surface area contributed by atoms with Crippen molar-refractivity contribution in [3.05, 3.63) is 69.7 Å². The zero-order valence-electron chi connectivity index (χ0n) is 11.0. The van der Waals surface area contributed by atoms with Crippen LogP contribution < -0.4 is 0 Å². The van der Waals surface area contributed by atoms with Crippen LogP contribution in [0.2, 0.25) is 10.0 Å². The average molecular weight is 309 g/mol. The Bertz CT molecular complexity index is 576. The minimum Gasteiger partial charge on any atom is -0.366 e. The Morgan fingerprint density at radius 3 is 2.05 bits per heavy atom. The van der Waals surface area contributed by atoms with Gasteiger partial charge >= 0.3 is 0 Å². The summed E-state index contributed by atoms with van der Waals surface area (Å²) in [6.07, 6.45) is -0.508. The molecule has 0 N–H and O–H groups in total. The third kappa shape index (κ3) is 4.07. The Hall–Kier alpha value is -1.35. The number of ether oxygens (including phenoxy) is 1. The van der Waals surface area contributed by atoms with Crippen molar-refractivity contribution < 1.29 is 9.53 Å². The van der Waals surface area contributed by atoms with Crippen LogP contribution in [0.15, 0.2) is 48.5 Å². The van der Waals surface area contributed by atoms with Crippen molar-refractivity contribution >= 4 is 29.0 Å². The molecule has 0 aliphatic heterocycles. The first-order chi connectivity index (χ1) is 9.56. The Morgan fingerprint density at radius 2 is 1.50 bits per heavy atom. The van der Waals surface area contributed by atoms with Gasteiger partial charge in [-0.1, -0.05) is 35.3 Å². The topological polar surface area (TPSA) is 26.3 Å². The van der Waals surface area contributed by atoms with Crippen molar-refractivity contribution in [2.75, 3.05) is 0 Å². The monoisotopic (exact) mass is 308 g/mol. The molecule has 0 aliphatic carbocycles. The van der Waals surface area contributed by atoms with Gasteiger partial charge in [0.05, 0.1) is 6.61 Å². The molecule has 104 valence electrons. The minimum atomic E-state index is -0.508. The molecule has 2 nitrogen and oxygen atoms in total. The van der Waals surface area contributed by atoms with Gasteiger partial charge in [0.15, 0.2) is 5.78 Å². The van der Waals surface area contributed by atoms with E-state index in [-0.39, 0.29) is 5.78 Å². The van der Waals surface area contributed by atoms with Crippen LogP contribution in [-0.2, 0) is 11.3 Å². The van der Waals surface area contributed by atoms with Gasteiger partial charge in [0, 0.05) is 15.6 Å². The van der Waals surface area contributed by atoms with Gasteiger partial charge in [-0.05, 0) is 48.9 Å². The molecule has 1 unspecified atom stereocenters. The van der Waals surface area contributed by atoms with Crippen molar-refractivity contribution in [2.24, 2.45) is 0 Å². The van der Waals surface area contributed by atoms with Crippen LogP contribution in [0.4, 0.5) is 0 Å². The number of carbonyl (C=O) groups excluding carboxylic acids is 1. The van der Waals surface area contributed by atoms with Crippen molar-refractivity contribution in [3.8, 4) is 0 Å². The van der Waals surface area contributed by atoms with Gasteiger partial charge in [0.2, 0.25) is 0 Å². The third-order valence-electron chi connectivity index (χ3n) is 2.91. The number of carbonyl (C=O) groups is 1. The van der Waals surface area contributed by atoms with Gasteiger partial charge in [-0.25, -0.2) is 0 Å². The van der Waals surface area contributed by atoms with Crippen LogP contribution in [0.25, 0.3) is 0 Å². The number of rotatable bonds is 5. The summed E-state index contributed by atoms with van der Waals surface area (Å²) in [5.74, 6) is -0.0596. The molecule has 4 heteroatoms. The zero-order valence-corrected chi connectivity index (χ0v) is 12.5. The summed E-state index contributed by atoms with van der Waals surface area (Å²) in [4.78, 5) is 12.1. The van der Waals surface area contributed by atoms with E-state index < -0.39 is 6.10 Å². The van der Waals surface area contributed by atoms with E-state index >= 15 is 0 Å². The first kappa shape index (κ1) is 15.0. The fourth-order valence-electron chi connectivity index (χ4n) is 1.73. The Labute approximate surface area is 128 Å². The second-order valence-electron chi connectivity index (χ2n) is 4.45. The summed E-state index contributed by atoms with van der Waals surface area (Å²) in [5, 5.41) is 1.29. The quantitative estimate of drug-likeness (QED) is 0.743. The summed E-state index contributed by atoms with van der Waals surface area (Å²) < 4.78 is 5.59. The molecule has 0 fully saturated rings. The summed E-state index contributed by atoms with van der Waals surface area (Å²) in [6, 6.07) is 14.1. The van der Waals surface area contributed by atoms with Gasteiger partial charge in [-0.3, -0.25) is 4.79 Å². The lowest BCUT2D eigenvalue weighted by Gasteiger charge is -2.12. The summed E-state index contributed by atoms with van der Waals surface area (Å²) in [5.41, 5.74) is 1.57. The first-order valence-electron chi connectivity index (χ1n) is 6.22. The number of halogens is 2. The molecule has 0 amide bonds. The van der Waals surface area contributed by atoms with E-state index in [0.29, 0.717) is 22.2 Å². The van der Waals surface area contributed by atoms with Crippen LogP contribution in [0, 0.1) is 0 Å². The van der Waals surface area contributed by atoms with E-state index in [0.717, 1.165) is 5.56 Å². The Balaban J connectivity index is 1.94. The molecule has 0 saturated carbocycles. The lowest BCUT2D eigenvalue weighted by atomic mass is 10.1. The lowest BCUT2D eigenvalue weighted by Crippen LogP contribution is -2.20. The normalized spacial score (nSPS) is 12.2. The maximum absolute atomic E-state index is 12.1. The molecule has 0 aromatic heterocycles. The highest BCUT2D eigenvalue weighted by molar-refractivity contribution is 6.30. The Kier molecular flexibility index (Phi) is 5.18. The van der Waals surface area contributed by atoms with Crippen LogP contribution in [0.1, 0.15) is 22.8 Å². The van der Waals surface area contributed by atoms with Gasteiger partial charge in [0.25, 0.3) is 0 Å². The van der Waals surface area contributed by atoms with Crippen LogP contribution >= 0.6 is 23.2 Å². The smallest absolute Gasteiger partial charge is 0.191 e. The summed E-state index contributed by atoms with van der Waals surface area (Å²) >= 11 is 11.6. The second kappa shape index (κ2) is 6.89. The van der Waals surface area contributed by atoms with E-state index in [2.05, 4.69) is 0 Å². The first-order valence-corrected chi connectivity index (χ1v) is 6.97. The van der Waals surface area contributed by atoms with Gasteiger partial charge in [0.1, 0.15) is 6.10 Å². The molecule has 0 radical (unpaired) electrons. The molecule has 0 aliphatic rings. The van der Waals surface area contributed by atoms with E-state index in [1.165, 1.54) is 0 Å². The molecular formula is C16H14Cl2O2. The number of hydrogen-bond acceptors (Lipinski definition) is 2. The molecule has 2 rings (SSSR count). The average Bonchev–Trinajstić information content (AvgIpc) is 2.46. The lowest BCUT2D eigenvalue weighted by molar-refractivity contribution is 0.0412. The standard InChI is InChI=1S/C16H14Cl2O2/c1-11(16(19)13-4-8-15(18)9-5-13)20-10-12-2-6-14(17)7-3-12/h2-9,11H,10H2,1H3. The molecule has 20 heavy (non-hydrogen) atoms. The highest BCUT2D eigenvalue weighted by Crippen LogP contribution is 2.14. The van der Waals surface area contributed by atoms with Crippen LogP contribution in [-0.4, -0.2) is 11.9 Å². The fourth-order valence-corrected chi connectivity index (χ4v) is 1.98. The second-order valence-corrected chi connectivity index (χ2v) is 5.32. The molecule has 0 bridgehead atoms. The summed E-state index contributed by atoms with van der Waals surface area (Å²) in [7, 11) is 0. The van der Waals surface area contributed by atoms with Gasteiger partial charge in [-0.2, -0.15) is 0 Å². The number of ketones is 1. The molecule has 2 aromatic rings. The van der Waals surface area contributed by atoms with Crippen LogP contribution in [0.5, 0.6) is 0 Å². The highest BCUT2D eigenvalue weighted by atomic mass is 35.5. The molecule has 1 atom stereocenters. The summed E-state index contributed by atoms with van der Waals surface area (Å²) in [6.45, 7) is 2.12. The van der Waals surface area contributed by atoms with E-state index in [1.807, 2.05) is 12.1 Å². The number of hydrogen-bond donors (Lipinski definition) is 0. The largest absolute Gasteiger partial charge is 0.366 e. The molecule has 0 spiro atoms. The van der Waals surface area contributed by atoms with Gasteiger partial charge in [-0.15, -0.1) is 0 Å². The molecule has 0 heterocycles. The molecular weight excluding hydrogens is 295 g/mol. The SMILES string of the molecule is CC(OCc1ccc(Cl)cc1)C(=O)c1ccc(Cl)cc1. The van der Waals surface area contributed by atoms with Crippen molar-refractivity contribution in [1.29, 1.82) is 0 Å². The van der Waals surface area contributed by atoms with E-state index in [9.17, 15) is 4.79 Å². The minimum absolute atomic E-state index is 0.0596. The fraction of sp³-hybridized carbons (Fsp3) is 0.188. The van der Waals surface area contributed by atoms with Crippen molar-refractivity contribution in [3.63, 3.8) is 0 Å². The third-order valence-corrected chi connectivity index (χ3v) is 3.42. The highest BCUT2D eigenvalue weighted by Gasteiger charge is 2.15. The van der Waals surface area contributed by atoms with Gasteiger partial charge < -0.3 is 4.74 Å². The zero-order chi connectivity index (χ0) is 14.5. The maximum atomic E-state index is 12.1. The molecule has 2 aromatic carbocycles. The molecule has 0 saturated heterocycles. The van der Waals surface area contributed by atoms with E-state index in [1.54, 1.807) is 43.3 Å². The predicted molar refractivity (Wildman–Crippen MR) is 81.5 cm³/mol. The number of Topliss-reactive ketones (excluding diaryl/α,β-unsaturated/α-hetero) is 1. The van der Waals surface area contributed by atoms with Crippen LogP contribution in [0.3, 0.4) is 0 Å². The van der Waals surface area contributed by atoms with Crippen molar-refractivity contribution in [1.82, 2.24) is 0 Å². The predicted octanol–water partition coefficient (Wildman–Crippen LogP) is 4.78. The maximum Gasteiger partial charge on any atom is 0.191 e. The Morgan fingerprint density at radius 1 is 1.00 bits per heavy atom. The number of benzene rings is 2. The van der Waals surface area contributed by atoms with Crippen molar-refractivity contribution in [2.45, 2.75) is 19.6 Å².